The van der Waals surface area contributed by atoms with Crippen LogP contribution in [0.3, 0.4) is 0 Å². The topological polar surface area (TPSA) is 110 Å². The second-order valence-corrected chi connectivity index (χ2v) is 9.43. The molecule has 37 heavy (non-hydrogen) atoms. The van der Waals surface area contributed by atoms with Crippen molar-refractivity contribution in [2.24, 2.45) is 13.0 Å². The van der Waals surface area contributed by atoms with E-state index >= 15 is 0 Å². The van der Waals surface area contributed by atoms with Gasteiger partial charge in [-0.15, -0.1) is 0 Å². The van der Waals surface area contributed by atoms with Crippen LogP contribution in [0.5, 0.6) is 0 Å². The lowest BCUT2D eigenvalue weighted by molar-refractivity contribution is 0.134. The summed E-state index contributed by atoms with van der Waals surface area (Å²) in [5, 5.41) is 28.6. The van der Waals surface area contributed by atoms with Crippen LogP contribution < -0.4 is 5.32 Å². The number of methoxy groups -OCH3 is 1. The van der Waals surface area contributed by atoms with E-state index in [-0.39, 0.29) is 25.2 Å². The summed E-state index contributed by atoms with van der Waals surface area (Å²) in [7, 11) is 3.75. The van der Waals surface area contributed by atoms with Crippen LogP contribution in [-0.4, -0.2) is 61.0 Å². The molecule has 1 aliphatic carbocycles. The lowest BCUT2D eigenvalue weighted by Gasteiger charge is -2.25. The molecule has 5 rings (SSSR count). The summed E-state index contributed by atoms with van der Waals surface area (Å²) in [5.74, 6) is 1.49. The van der Waals surface area contributed by atoms with Gasteiger partial charge in [-0.25, -0.2) is 9.97 Å². The average Bonchev–Trinajstić information content (AvgIpc) is 3.53. The third-order valence-electron chi connectivity index (χ3n) is 6.97. The molecule has 1 atom stereocenters. The summed E-state index contributed by atoms with van der Waals surface area (Å²) < 4.78 is 9.66. The van der Waals surface area contributed by atoms with Gasteiger partial charge in [0, 0.05) is 75.3 Å². The maximum Gasteiger partial charge on any atom is 0.130 e. The number of aryl methyl sites for hydroxylation is 1. The van der Waals surface area contributed by atoms with E-state index in [2.05, 4.69) is 43.2 Å². The number of nitrogens with zero attached hydrogens (tertiary/aromatic N) is 5. The number of rotatable bonds is 9. The number of ether oxygens (including phenoxy) is 1. The first kappa shape index (κ1) is 24.9. The van der Waals surface area contributed by atoms with Gasteiger partial charge in [0.2, 0.25) is 0 Å². The van der Waals surface area contributed by atoms with E-state index in [1.807, 2.05) is 50.8 Å². The van der Waals surface area contributed by atoms with Crippen LogP contribution in [0.15, 0.2) is 66.9 Å². The van der Waals surface area contributed by atoms with Crippen molar-refractivity contribution in [2.45, 2.75) is 26.0 Å². The quantitative estimate of drug-likeness (QED) is 0.322. The van der Waals surface area contributed by atoms with Gasteiger partial charge in [0.15, 0.2) is 0 Å². The number of anilines is 1. The third kappa shape index (κ3) is 5.20. The van der Waals surface area contributed by atoms with E-state index in [1.165, 1.54) is 5.57 Å². The van der Waals surface area contributed by atoms with Crippen LogP contribution >= 0.6 is 0 Å². The molecule has 9 heteroatoms. The van der Waals surface area contributed by atoms with Crippen LogP contribution in [-0.2, 0) is 18.3 Å². The third-order valence-corrected chi connectivity index (χ3v) is 6.97. The van der Waals surface area contributed by atoms with Gasteiger partial charge in [-0.05, 0) is 41.7 Å². The zero-order valence-corrected chi connectivity index (χ0v) is 21.3. The highest BCUT2D eigenvalue weighted by Crippen LogP contribution is 2.31. The molecule has 3 N–H and O–H groups in total. The van der Waals surface area contributed by atoms with Gasteiger partial charge in [0.25, 0.3) is 0 Å². The number of nitrogens with one attached hydrogen (secondary N) is 1. The zero-order chi connectivity index (χ0) is 25.9. The Labute approximate surface area is 215 Å². The first-order valence-corrected chi connectivity index (χ1v) is 12.3. The van der Waals surface area contributed by atoms with Gasteiger partial charge in [0.05, 0.1) is 18.1 Å². The Kier molecular flexibility index (Phi) is 7.18. The van der Waals surface area contributed by atoms with Crippen molar-refractivity contribution in [3.63, 3.8) is 0 Å². The first-order valence-electron chi connectivity index (χ1n) is 12.3. The largest absolute Gasteiger partial charge is 0.396 e. The minimum Gasteiger partial charge on any atom is -0.396 e. The van der Waals surface area contributed by atoms with Crippen molar-refractivity contribution in [3.05, 3.63) is 78.4 Å². The van der Waals surface area contributed by atoms with Gasteiger partial charge in [-0.3, -0.25) is 4.68 Å². The summed E-state index contributed by atoms with van der Waals surface area (Å²) in [6.07, 6.45) is 12.3. The van der Waals surface area contributed by atoms with Gasteiger partial charge in [-0.2, -0.15) is 5.10 Å². The van der Waals surface area contributed by atoms with E-state index in [9.17, 15) is 10.2 Å². The van der Waals surface area contributed by atoms with Gasteiger partial charge >= 0.3 is 0 Å². The van der Waals surface area contributed by atoms with Crippen molar-refractivity contribution in [1.29, 1.82) is 0 Å². The van der Waals surface area contributed by atoms with Crippen LogP contribution in [0, 0.1) is 12.8 Å². The van der Waals surface area contributed by atoms with Crippen LogP contribution in [0.25, 0.3) is 27.5 Å². The number of allylic oxidation sites excluding steroid dienone is 2. The highest BCUT2D eigenvalue weighted by molar-refractivity contribution is 5.88. The van der Waals surface area contributed by atoms with Crippen molar-refractivity contribution in [2.75, 3.05) is 25.6 Å². The van der Waals surface area contributed by atoms with Crippen molar-refractivity contribution < 1.29 is 14.9 Å². The molecule has 3 aromatic heterocycles. The lowest BCUT2D eigenvalue weighted by Crippen LogP contribution is -2.23. The molecule has 1 aliphatic rings. The van der Waals surface area contributed by atoms with Crippen molar-refractivity contribution in [1.82, 2.24) is 24.3 Å². The Morgan fingerprint density at radius 2 is 1.89 bits per heavy atom. The molecular weight excluding hydrogens is 468 g/mol. The molecule has 1 unspecified atom stereocenters. The molecular formula is C28H32N6O3. The Balaban J connectivity index is 1.38. The summed E-state index contributed by atoms with van der Waals surface area (Å²) in [4.78, 5) is 9.03. The highest BCUT2D eigenvalue weighted by Gasteiger charge is 2.22. The second-order valence-electron chi connectivity index (χ2n) is 9.43. The van der Waals surface area contributed by atoms with E-state index in [0.29, 0.717) is 6.54 Å². The fourth-order valence-electron chi connectivity index (χ4n) is 4.59. The number of hydrogen-bond donors (Lipinski definition) is 3. The van der Waals surface area contributed by atoms with Gasteiger partial charge in [0.1, 0.15) is 17.7 Å². The monoisotopic (exact) mass is 500 g/mol. The van der Waals surface area contributed by atoms with Gasteiger partial charge < -0.3 is 24.8 Å². The van der Waals surface area contributed by atoms with E-state index in [4.69, 9.17) is 4.74 Å². The number of hydrogen-bond acceptors (Lipinski definition) is 7. The molecule has 192 valence electrons. The van der Waals surface area contributed by atoms with E-state index in [1.54, 1.807) is 18.0 Å². The molecule has 1 aromatic carbocycles. The summed E-state index contributed by atoms with van der Waals surface area (Å²) in [5.41, 5.74) is 5.24. The summed E-state index contributed by atoms with van der Waals surface area (Å²) >= 11 is 0. The molecule has 0 saturated carbocycles. The Morgan fingerprint density at radius 3 is 2.62 bits per heavy atom. The molecule has 0 aliphatic heterocycles. The first-order chi connectivity index (χ1) is 18.0. The maximum absolute atomic E-state index is 9.35. The van der Waals surface area contributed by atoms with Crippen LogP contribution in [0.1, 0.15) is 17.9 Å². The van der Waals surface area contributed by atoms with Gasteiger partial charge in [-0.1, -0.05) is 18.2 Å². The standard InChI is InChI=1S/C28H32N6O3/c1-18-29-13-26(33(18)2)21-6-7-25(27(9-21)37-3)32-28-10-23-8-20(4-5-22(23)11-30-28)24-12-31-34(15-24)14-19(16-35)17-36/h4-8,10-13,15,19,27,35-36H,9,14,16-17H2,1-3H3,(H,30,32). The lowest BCUT2D eigenvalue weighted by atomic mass is 9.97. The average molecular weight is 501 g/mol. The highest BCUT2D eigenvalue weighted by atomic mass is 16.5. The Hall–Kier alpha value is -3.79. The molecule has 0 bridgehead atoms. The van der Waals surface area contributed by atoms with E-state index < -0.39 is 0 Å². The molecule has 0 radical (unpaired) electrons. The number of aliphatic hydroxyl groups excluding tert-OH is 2. The molecule has 0 saturated heterocycles. The number of aromatic nitrogens is 5. The normalized spacial score (nSPS) is 15.8. The SMILES string of the molecule is COC1CC(c2cnc(C)n2C)=CC=C1Nc1cc2cc(-c3cnn(CC(CO)CO)c3)ccc2cn1. The summed E-state index contributed by atoms with van der Waals surface area (Å²) in [6, 6.07) is 8.25. The number of aliphatic hydroxyl groups is 2. The predicted molar refractivity (Wildman–Crippen MR) is 144 cm³/mol. The molecule has 0 fully saturated rings. The molecule has 0 amide bonds. The molecule has 0 spiro atoms. The second kappa shape index (κ2) is 10.7. The summed E-state index contributed by atoms with van der Waals surface area (Å²) in [6.45, 7) is 2.30. The number of pyridine rings is 1. The van der Waals surface area contributed by atoms with Crippen molar-refractivity contribution >= 4 is 22.2 Å². The van der Waals surface area contributed by atoms with Crippen molar-refractivity contribution in [3.8, 4) is 11.1 Å². The maximum atomic E-state index is 9.35. The van der Waals surface area contributed by atoms with Crippen LogP contribution in [0.2, 0.25) is 0 Å². The Morgan fingerprint density at radius 1 is 1.05 bits per heavy atom. The molecule has 3 heterocycles. The zero-order valence-electron chi connectivity index (χ0n) is 21.3. The van der Waals surface area contributed by atoms with E-state index in [0.717, 1.165) is 51.4 Å². The minimum atomic E-state index is -0.228. The fourth-order valence-corrected chi connectivity index (χ4v) is 4.59. The number of benzene rings is 1. The molecule has 4 aromatic rings. The predicted octanol–water partition coefficient (Wildman–Crippen LogP) is 3.54. The number of fused-ring (bicyclic) bond motifs is 1. The smallest absolute Gasteiger partial charge is 0.130 e. The Bertz CT molecular complexity index is 1460. The number of imidazole rings is 1. The van der Waals surface area contributed by atoms with Crippen LogP contribution in [0.4, 0.5) is 5.82 Å². The minimum absolute atomic E-state index is 0.0785. The fraction of sp³-hybridized carbons (Fsp3) is 0.321. The molecule has 9 nitrogen and oxygen atoms in total.